The van der Waals surface area contributed by atoms with Gasteiger partial charge in [-0.15, -0.1) is 0 Å². The Hall–Kier alpha value is -2.34. The van der Waals surface area contributed by atoms with Crippen LogP contribution in [-0.2, 0) is 14.3 Å². The fraction of sp³-hybridized carbons (Fsp3) is 0.444. The number of hydrogen-bond acceptors (Lipinski definition) is 4. The van der Waals surface area contributed by atoms with Crippen molar-refractivity contribution >= 4 is 17.9 Å². The van der Waals surface area contributed by atoms with Crippen LogP contribution in [0.5, 0.6) is 5.75 Å². The molecule has 1 unspecified atom stereocenters. The Balaban J connectivity index is 1.45. The first kappa shape index (κ1) is 16.5. The average molecular weight is 330 g/mol. The van der Waals surface area contributed by atoms with E-state index >= 15 is 0 Å². The number of nitrogens with zero attached hydrogens (tertiary/aromatic N) is 1. The van der Waals surface area contributed by atoms with Crippen LogP contribution in [0.15, 0.2) is 30.3 Å². The second kappa shape index (κ2) is 7.49. The lowest BCUT2D eigenvalue weighted by Crippen LogP contribution is -2.52. The molecule has 1 aromatic carbocycles. The normalized spacial score (nSPS) is 21.0. The van der Waals surface area contributed by atoms with Crippen molar-refractivity contribution in [3.05, 3.63) is 35.9 Å². The second-order valence-corrected chi connectivity index (χ2v) is 6.28. The Bertz CT molecular complexity index is 614. The molecule has 1 aromatic rings. The van der Waals surface area contributed by atoms with Gasteiger partial charge < -0.3 is 20.1 Å². The topological polar surface area (TPSA) is 81.9 Å². The summed E-state index contributed by atoms with van der Waals surface area (Å²) in [5.41, 5.74) is 5.92. The highest BCUT2D eigenvalue weighted by Gasteiger charge is 2.36. The minimum Gasteiger partial charge on any atom is -0.484 e. The summed E-state index contributed by atoms with van der Waals surface area (Å²) in [5, 5.41) is 0. The predicted octanol–water partition coefficient (Wildman–Crippen LogP) is 1.06. The minimum absolute atomic E-state index is 0.0409. The van der Waals surface area contributed by atoms with Crippen LogP contribution in [0.3, 0.4) is 0 Å². The minimum atomic E-state index is -0.512. The Kier molecular flexibility index (Phi) is 5.15. The number of rotatable bonds is 6. The summed E-state index contributed by atoms with van der Waals surface area (Å²) >= 11 is 0. The molecular weight excluding hydrogens is 308 g/mol. The molecule has 6 nitrogen and oxygen atoms in total. The molecule has 0 bridgehead atoms. The van der Waals surface area contributed by atoms with E-state index in [1.54, 1.807) is 24.3 Å². The summed E-state index contributed by atoms with van der Waals surface area (Å²) in [6.45, 7) is 3.21. The Morgan fingerprint density at radius 1 is 1.25 bits per heavy atom. The predicted molar refractivity (Wildman–Crippen MR) is 89.2 cm³/mol. The van der Waals surface area contributed by atoms with Gasteiger partial charge >= 0.3 is 0 Å². The third kappa shape index (κ3) is 4.14. The first-order chi connectivity index (χ1) is 11.6. The standard InChI is InChI=1S/C18H22N2O4/c19-17(21)12-24-16-4-1-13(2-5-16)3-6-18(22)20-9-15(10-20)14-7-8-23-11-14/h1-6,14-15H,7-12H2,(H2,19,21). The molecule has 0 aliphatic carbocycles. The number of carbonyl (C=O) groups excluding carboxylic acids is 2. The quantitative estimate of drug-likeness (QED) is 0.791. The molecular formula is C18H22N2O4. The zero-order valence-electron chi connectivity index (χ0n) is 13.5. The van der Waals surface area contributed by atoms with Crippen LogP contribution in [0, 0.1) is 11.8 Å². The fourth-order valence-electron chi connectivity index (χ4n) is 3.02. The van der Waals surface area contributed by atoms with Crippen molar-refractivity contribution in [1.82, 2.24) is 4.90 Å². The number of likely N-dealkylation sites (tertiary alicyclic amines) is 1. The van der Waals surface area contributed by atoms with Gasteiger partial charge in [-0.25, -0.2) is 0 Å². The first-order valence-corrected chi connectivity index (χ1v) is 8.18. The average Bonchev–Trinajstić information content (AvgIpc) is 3.04. The number of primary amides is 1. The Labute approximate surface area is 141 Å². The maximum Gasteiger partial charge on any atom is 0.255 e. The summed E-state index contributed by atoms with van der Waals surface area (Å²) in [4.78, 5) is 24.7. The molecule has 128 valence electrons. The highest BCUT2D eigenvalue weighted by atomic mass is 16.5. The van der Waals surface area contributed by atoms with Crippen molar-refractivity contribution in [1.29, 1.82) is 0 Å². The molecule has 2 aliphatic heterocycles. The highest BCUT2D eigenvalue weighted by Crippen LogP contribution is 2.30. The molecule has 24 heavy (non-hydrogen) atoms. The van der Waals surface area contributed by atoms with Gasteiger partial charge in [-0.2, -0.15) is 0 Å². The third-order valence-electron chi connectivity index (χ3n) is 4.53. The summed E-state index contributed by atoms with van der Waals surface area (Å²) in [5.74, 6) is 1.31. The number of hydrogen-bond donors (Lipinski definition) is 1. The fourth-order valence-corrected chi connectivity index (χ4v) is 3.02. The van der Waals surface area contributed by atoms with Gasteiger partial charge in [0, 0.05) is 32.4 Å². The van der Waals surface area contributed by atoms with E-state index in [1.807, 2.05) is 17.0 Å². The maximum atomic E-state index is 12.1. The summed E-state index contributed by atoms with van der Waals surface area (Å²) in [7, 11) is 0. The summed E-state index contributed by atoms with van der Waals surface area (Å²) < 4.78 is 10.6. The van der Waals surface area contributed by atoms with Crippen molar-refractivity contribution in [2.75, 3.05) is 32.9 Å². The Morgan fingerprint density at radius 3 is 2.62 bits per heavy atom. The number of carbonyl (C=O) groups is 2. The molecule has 6 heteroatoms. The molecule has 2 saturated heterocycles. The Morgan fingerprint density at radius 2 is 2.00 bits per heavy atom. The van der Waals surface area contributed by atoms with Crippen molar-refractivity contribution in [2.24, 2.45) is 17.6 Å². The zero-order valence-corrected chi connectivity index (χ0v) is 13.5. The van der Waals surface area contributed by atoms with E-state index in [9.17, 15) is 9.59 Å². The lowest BCUT2D eigenvalue weighted by molar-refractivity contribution is -0.133. The highest BCUT2D eigenvalue weighted by molar-refractivity contribution is 5.92. The van der Waals surface area contributed by atoms with E-state index in [1.165, 1.54) is 0 Å². The lowest BCUT2D eigenvalue weighted by atomic mass is 9.85. The van der Waals surface area contributed by atoms with E-state index in [0.29, 0.717) is 17.6 Å². The SMILES string of the molecule is NC(=O)COc1ccc(C=CC(=O)N2CC(C3CCOC3)C2)cc1. The summed E-state index contributed by atoms with van der Waals surface area (Å²) in [6, 6.07) is 7.14. The van der Waals surface area contributed by atoms with E-state index in [2.05, 4.69) is 0 Å². The van der Waals surface area contributed by atoms with Crippen molar-refractivity contribution < 1.29 is 19.1 Å². The van der Waals surface area contributed by atoms with Gasteiger partial charge in [-0.3, -0.25) is 9.59 Å². The third-order valence-corrected chi connectivity index (χ3v) is 4.53. The van der Waals surface area contributed by atoms with Crippen LogP contribution in [-0.4, -0.2) is 49.6 Å². The molecule has 0 radical (unpaired) electrons. The van der Waals surface area contributed by atoms with E-state index in [0.717, 1.165) is 38.3 Å². The summed E-state index contributed by atoms with van der Waals surface area (Å²) in [6.07, 6.45) is 4.50. The van der Waals surface area contributed by atoms with Crippen LogP contribution < -0.4 is 10.5 Å². The van der Waals surface area contributed by atoms with Crippen molar-refractivity contribution in [3.63, 3.8) is 0 Å². The monoisotopic (exact) mass is 330 g/mol. The van der Waals surface area contributed by atoms with Gasteiger partial charge in [0.05, 0.1) is 0 Å². The van der Waals surface area contributed by atoms with Crippen LogP contribution in [0.25, 0.3) is 6.08 Å². The van der Waals surface area contributed by atoms with E-state index in [4.69, 9.17) is 15.2 Å². The number of nitrogens with two attached hydrogens (primary N) is 1. The van der Waals surface area contributed by atoms with Gasteiger partial charge in [0.15, 0.2) is 6.61 Å². The molecule has 0 spiro atoms. The van der Waals surface area contributed by atoms with Crippen LogP contribution in [0.1, 0.15) is 12.0 Å². The van der Waals surface area contributed by atoms with E-state index < -0.39 is 5.91 Å². The molecule has 0 aromatic heterocycles. The zero-order chi connectivity index (χ0) is 16.9. The smallest absolute Gasteiger partial charge is 0.255 e. The maximum absolute atomic E-state index is 12.1. The van der Waals surface area contributed by atoms with Gasteiger partial charge in [-0.1, -0.05) is 12.1 Å². The number of ether oxygens (including phenoxy) is 2. The molecule has 3 rings (SSSR count). The molecule has 2 aliphatic rings. The van der Waals surface area contributed by atoms with Crippen LogP contribution in [0.2, 0.25) is 0 Å². The van der Waals surface area contributed by atoms with Gasteiger partial charge in [0.25, 0.3) is 5.91 Å². The van der Waals surface area contributed by atoms with Crippen molar-refractivity contribution in [2.45, 2.75) is 6.42 Å². The molecule has 1 atom stereocenters. The molecule has 0 saturated carbocycles. The van der Waals surface area contributed by atoms with Gasteiger partial charge in [0.1, 0.15) is 5.75 Å². The largest absolute Gasteiger partial charge is 0.484 e. The molecule has 2 fully saturated rings. The molecule has 2 heterocycles. The van der Waals surface area contributed by atoms with Gasteiger partial charge in [-0.05, 0) is 42.0 Å². The lowest BCUT2D eigenvalue weighted by Gasteiger charge is -2.41. The number of amides is 2. The molecule has 2 amide bonds. The van der Waals surface area contributed by atoms with E-state index in [-0.39, 0.29) is 12.5 Å². The van der Waals surface area contributed by atoms with Gasteiger partial charge in [0.2, 0.25) is 5.91 Å². The number of benzene rings is 1. The van der Waals surface area contributed by atoms with Crippen molar-refractivity contribution in [3.8, 4) is 5.75 Å². The van der Waals surface area contributed by atoms with Crippen LogP contribution in [0.4, 0.5) is 0 Å². The first-order valence-electron chi connectivity index (χ1n) is 8.18. The molecule has 2 N–H and O–H groups in total. The van der Waals surface area contributed by atoms with Crippen LogP contribution >= 0.6 is 0 Å². The second-order valence-electron chi connectivity index (χ2n) is 6.28.